The van der Waals surface area contributed by atoms with E-state index >= 15 is 0 Å². The number of carbonyl (C=O) groups excluding carboxylic acids is 1. The molecule has 1 saturated heterocycles. The maximum Gasteiger partial charge on any atom is 0.252 e. The fourth-order valence-electron chi connectivity index (χ4n) is 2.70. The lowest BCUT2D eigenvalue weighted by atomic mass is 10.1. The molecular formula is C18H20N2O2. The SMILES string of the molecule is O=C([C@H]1CCCO1)N(Cc1ccccc1)Cc1cccnc1. The van der Waals surface area contributed by atoms with Crippen molar-refractivity contribution in [2.24, 2.45) is 0 Å². The van der Waals surface area contributed by atoms with Gasteiger partial charge in [0.25, 0.3) is 5.91 Å². The zero-order valence-electron chi connectivity index (χ0n) is 12.5. The number of hydrogen-bond acceptors (Lipinski definition) is 3. The van der Waals surface area contributed by atoms with Gasteiger partial charge in [0.2, 0.25) is 0 Å². The highest BCUT2D eigenvalue weighted by molar-refractivity contribution is 5.81. The predicted molar refractivity (Wildman–Crippen MR) is 83.9 cm³/mol. The van der Waals surface area contributed by atoms with Crippen molar-refractivity contribution in [2.45, 2.75) is 32.0 Å². The molecule has 0 spiro atoms. The Bertz CT molecular complexity index is 553. The molecule has 0 radical (unpaired) electrons. The van der Waals surface area contributed by atoms with E-state index in [0.717, 1.165) is 24.0 Å². The number of hydrogen-bond donors (Lipinski definition) is 0. The van der Waals surface area contributed by atoms with Gasteiger partial charge < -0.3 is 9.64 Å². The van der Waals surface area contributed by atoms with Gasteiger partial charge in [-0.05, 0) is 30.0 Å². The molecule has 0 N–H and O–H groups in total. The predicted octanol–water partition coefficient (Wildman–Crippen LogP) is 2.79. The molecular weight excluding hydrogens is 276 g/mol. The molecule has 1 amide bonds. The fraction of sp³-hybridized carbons (Fsp3) is 0.333. The van der Waals surface area contributed by atoms with Crippen molar-refractivity contribution in [2.75, 3.05) is 6.61 Å². The van der Waals surface area contributed by atoms with Crippen LogP contribution in [0.5, 0.6) is 0 Å². The van der Waals surface area contributed by atoms with Crippen LogP contribution in [0.15, 0.2) is 54.9 Å². The van der Waals surface area contributed by atoms with Crippen molar-refractivity contribution in [3.63, 3.8) is 0 Å². The second kappa shape index (κ2) is 7.18. The van der Waals surface area contributed by atoms with Gasteiger partial charge in [0.1, 0.15) is 6.10 Å². The van der Waals surface area contributed by atoms with Crippen LogP contribution < -0.4 is 0 Å². The standard InChI is InChI=1S/C18H20N2O2/c21-18(17-9-5-11-22-17)20(13-15-6-2-1-3-7-15)14-16-8-4-10-19-12-16/h1-4,6-8,10,12,17H,5,9,11,13-14H2/t17-/m1/s1. The lowest BCUT2D eigenvalue weighted by molar-refractivity contribution is -0.142. The van der Waals surface area contributed by atoms with Gasteiger partial charge in [-0.15, -0.1) is 0 Å². The quantitative estimate of drug-likeness (QED) is 0.852. The summed E-state index contributed by atoms with van der Waals surface area (Å²) in [5, 5.41) is 0. The van der Waals surface area contributed by atoms with Crippen LogP contribution >= 0.6 is 0 Å². The summed E-state index contributed by atoms with van der Waals surface area (Å²) in [6, 6.07) is 13.9. The van der Waals surface area contributed by atoms with E-state index < -0.39 is 0 Å². The van der Waals surface area contributed by atoms with Crippen LogP contribution in [0.1, 0.15) is 24.0 Å². The van der Waals surface area contributed by atoms with E-state index in [1.165, 1.54) is 0 Å². The highest BCUT2D eigenvalue weighted by Crippen LogP contribution is 2.18. The second-order valence-electron chi connectivity index (χ2n) is 5.54. The average molecular weight is 296 g/mol. The van der Waals surface area contributed by atoms with Crippen molar-refractivity contribution < 1.29 is 9.53 Å². The molecule has 0 bridgehead atoms. The zero-order valence-corrected chi connectivity index (χ0v) is 12.5. The number of pyridine rings is 1. The summed E-state index contributed by atoms with van der Waals surface area (Å²) >= 11 is 0. The molecule has 4 heteroatoms. The van der Waals surface area contributed by atoms with Crippen LogP contribution in [0, 0.1) is 0 Å². The zero-order chi connectivity index (χ0) is 15.2. The van der Waals surface area contributed by atoms with Crippen molar-refractivity contribution in [1.82, 2.24) is 9.88 Å². The molecule has 3 rings (SSSR count). The molecule has 1 aliphatic heterocycles. The van der Waals surface area contributed by atoms with E-state index in [1.807, 2.05) is 47.4 Å². The summed E-state index contributed by atoms with van der Waals surface area (Å²) < 4.78 is 5.56. The molecule has 1 fully saturated rings. The Kier molecular flexibility index (Phi) is 4.81. The summed E-state index contributed by atoms with van der Waals surface area (Å²) in [4.78, 5) is 18.7. The number of rotatable bonds is 5. The van der Waals surface area contributed by atoms with Gasteiger partial charge in [-0.3, -0.25) is 9.78 Å². The van der Waals surface area contributed by atoms with Gasteiger partial charge in [-0.25, -0.2) is 0 Å². The fourth-order valence-corrected chi connectivity index (χ4v) is 2.70. The van der Waals surface area contributed by atoms with E-state index in [-0.39, 0.29) is 12.0 Å². The van der Waals surface area contributed by atoms with E-state index in [2.05, 4.69) is 4.98 Å². The summed E-state index contributed by atoms with van der Waals surface area (Å²) in [6.07, 6.45) is 5.04. The average Bonchev–Trinajstić information content (AvgIpc) is 3.10. The molecule has 1 atom stereocenters. The maximum absolute atomic E-state index is 12.7. The Morgan fingerprint density at radius 3 is 2.59 bits per heavy atom. The van der Waals surface area contributed by atoms with Gasteiger partial charge in [0, 0.05) is 32.1 Å². The van der Waals surface area contributed by atoms with Crippen molar-refractivity contribution in [3.05, 3.63) is 66.0 Å². The third-order valence-corrected chi connectivity index (χ3v) is 3.83. The van der Waals surface area contributed by atoms with Crippen LogP contribution in [0.25, 0.3) is 0 Å². The minimum Gasteiger partial charge on any atom is -0.368 e. The summed E-state index contributed by atoms with van der Waals surface area (Å²) in [5.74, 6) is 0.0743. The van der Waals surface area contributed by atoms with E-state index in [9.17, 15) is 4.79 Å². The molecule has 1 aromatic heterocycles. The Morgan fingerprint density at radius 2 is 1.91 bits per heavy atom. The topological polar surface area (TPSA) is 42.4 Å². The largest absolute Gasteiger partial charge is 0.368 e. The van der Waals surface area contributed by atoms with Crippen LogP contribution in [-0.4, -0.2) is 28.5 Å². The van der Waals surface area contributed by atoms with E-state index in [1.54, 1.807) is 12.4 Å². The Hall–Kier alpha value is -2.20. The third kappa shape index (κ3) is 3.71. The number of nitrogens with zero attached hydrogens (tertiary/aromatic N) is 2. The van der Waals surface area contributed by atoms with Crippen LogP contribution in [0.4, 0.5) is 0 Å². The summed E-state index contributed by atoms with van der Waals surface area (Å²) in [6.45, 7) is 1.83. The van der Waals surface area contributed by atoms with Crippen molar-refractivity contribution >= 4 is 5.91 Å². The van der Waals surface area contributed by atoms with Crippen molar-refractivity contribution in [1.29, 1.82) is 0 Å². The number of aromatic nitrogens is 1. The third-order valence-electron chi connectivity index (χ3n) is 3.83. The van der Waals surface area contributed by atoms with Crippen LogP contribution in [0.2, 0.25) is 0 Å². The van der Waals surface area contributed by atoms with Gasteiger partial charge in [0.15, 0.2) is 0 Å². The van der Waals surface area contributed by atoms with Crippen LogP contribution in [-0.2, 0) is 22.6 Å². The van der Waals surface area contributed by atoms with E-state index in [0.29, 0.717) is 19.7 Å². The Labute approximate surface area is 130 Å². The minimum atomic E-state index is -0.291. The molecule has 1 aliphatic rings. The van der Waals surface area contributed by atoms with Crippen molar-refractivity contribution in [3.8, 4) is 0 Å². The number of benzene rings is 1. The minimum absolute atomic E-state index is 0.0743. The molecule has 22 heavy (non-hydrogen) atoms. The first-order valence-electron chi connectivity index (χ1n) is 7.66. The molecule has 0 unspecified atom stereocenters. The normalized spacial score (nSPS) is 17.4. The molecule has 114 valence electrons. The second-order valence-corrected chi connectivity index (χ2v) is 5.54. The first kappa shape index (κ1) is 14.7. The Morgan fingerprint density at radius 1 is 1.14 bits per heavy atom. The lowest BCUT2D eigenvalue weighted by Gasteiger charge is -2.25. The van der Waals surface area contributed by atoms with E-state index in [4.69, 9.17) is 4.74 Å². The van der Waals surface area contributed by atoms with Gasteiger partial charge >= 0.3 is 0 Å². The molecule has 0 saturated carbocycles. The Balaban J connectivity index is 1.76. The highest BCUT2D eigenvalue weighted by Gasteiger charge is 2.28. The number of amides is 1. The molecule has 1 aromatic carbocycles. The maximum atomic E-state index is 12.7. The van der Waals surface area contributed by atoms with Gasteiger partial charge in [-0.2, -0.15) is 0 Å². The molecule has 4 nitrogen and oxygen atoms in total. The van der Waals surface area contributed by atoms with Crippen LogP contribution in [0.3, 0.4) is 0 Å². The molecule has 2 aromatic rings. The molecule has 0 aliphatic carbocycles. The molecule has 2 heterocycles. The monoisotopic (exact) mass is 296 g/mol. The first-order valence-corrected chi connectivity index (χ1v) is 7.66. The summed E-state index contributed by atoms with van der Waals surface area (Å²) in [5.41, 5.74) is 2.16. The van der Waals surface area contributed by atoms with Gasteiger partial charge in [-0.1, -0.05) is 36.4 Å². The number of ether oxygens (including phenoxy) is 1. The number of carbonyl (C=O) groups is 1. The van der Waals surface area contributed by atoms with Gasteiger partial charge in [0.05, 0.1) is 0 Å². The smallest absolute Gasteiger partial charge is 0.252 e. The lowest BCUT2D eigenvalue weighted by Crippen LogP contribution is -2.38. The first-order chi connectivity index (χ1) is 10.8. The summed E-state index contributed by atoms with van der Waals surface area (Å²) in [7, 11) is 0. The highest BCUT2D eigenvalue weighted by atomic mass is 16.5.